The number of sulfonamides is 1. The largest absolute Gasteiger partial charge is 0.497 e. The van der Waals surface area contributed by atoms with Crippen molar-refractivity contribution in [2.75, 3.05) is 13.7 Å². The summed E-state index contributed by atoms with van der Waals surface area (Å²) in [5.74, 6) is 0.406. The lowest BCUT2D eigenvalue weighted by molar-refractivity contribution is 0.101. The highest BCUT2D eigenvalue weighted by Gasteiger charge is 2.26. The van der Waals surface area contributed by atoms with Crippen LogP contribution in [0.3, 0.4) is 0 Å². The highest BCUT2D eigenvalue weighted by molar-refractivity contribution is 7.89. The number of H-pyrrole nitrogens is 1. The Morgan fingerprint density at radius 2 is 1.75 bits per heavy atom. The summed E-state index contributed by atoms with van der Waals surface area (Å²) in [5, 5.41) is 0.735. The number of pyridine rings is 1. The molecule has 4 rings (SSSR count). The van der Waals surface area contributed by atoms with Crippen LogP contribution in [0.4, 0.5) is 0 Å². The molecule has 0 bridgehead atoms. The van der Waals surface area contributed by atoms with Gasteiger partial charge in [0.2, 0.25) is 10.0 Å². The Hall–Kier alpha value is -3.75. The topological polar surface area (TPSA) is 96.5 Å². The molecule has 0 saturated heterocycles. The van der Waals surface area contributed by atoms with E-state index in [9.17, 15) is 18.0 Å². The first-order valence-electron chi connectivity index (χ1n) is 11.5. The molecule has 0 unspecified atom stereocenters. The van der Waals surface area contributed by atoms with Crippen molar-refractivity contribution < 1.29 is 17.9 Å². The summed E-state index contributed by atoms with van der Waals surface area (Å²) >= 11 is 0. The number of nitrogens with zero attached hydrogens (tertiary/aromatic N) is 1. The number of hydrogen-bond donors (Lipinski definition) is 1. The van der Waals surface area contributed by atoms with Gasteiger partial charge in [0.1, 0.15) is 5.75 Å². The number of fused-ring (bicyclic) bond motifs is 1. The Morgan fingerprint density at radius 3 is 2.47 bits per heavy atom. The number of Topliss-reactive ketones (excluding diaryl/α,β-unsaturated/α-hetero) is 1. The third kappa shape index (κ3) is 5.40. The van der Waals surface area contributed by atoms with Gasteiger partial charge in [0, 0.05) is 35.1 Å². The van der Waals surface area contributed by atoms with Gasteiger partial charge in [0.25, 0.3) is 5.56 Å². The van der Waals surface area contributed by atoms with E-state index < -0.39 is 10.0 Å². The number of aryl methyl sites for hydroxylation is 1. The van der Waals surface area contributed by atoms with E-state index in [1.54, 1.807) is 43.5 Å². The minimum atomic E-state index is -4.02. The number of methoxy groups -OCH3 is 1. The smallest absolute Gasteiger partial charge is 0.252 e. The molecular weight excluding hydrogens is 476 g/mol. The van der Waals surface area contributed by atoms with Gasteiger partial charge < -0.3 is 9.72 Å². The van der Waals surface area contributed by atoms with Gasteiger partial charge in [0.05, 0.1) is 12.0 Å². The zero-order valence-electron chi connectivity index (χ0n) is 20.4. The monoisotopic (exact) mass is 504 g/mol. The average molecular weight is 505 g/mol. The number of benzene rings is 3. The van der Waals surface area contributed by atoms with E-state index in [0.717, 1.165) is 16.5 Å². The van der Waals surface area contributed by atoms with Crippen LogP contribution in [-0.4, -0.2) is 37.1 Å². The molecule has 0 radical (unpaired) electrons. The third-order valence-electron chi connectivity index (χ3n) is 6.25. The fraction of sp³-hybridized carbons (Fsp3) is 0.214. The van der Waals surface area contributed by atoms with E-state index in [1.807, 2.05) is 31.2 Å². The zero-order valence-corrected chi connectivity index (χ0v) is 21.3. The Morgan fingerprint density at radius 1 is 0.972 bits per heavy atom. The normalized spacial score (nSPS) is 11.7. The van der Waals surface area contributed by atoms with Crippen LogP contribution in [0, 0.1) is 6.92 Å². The second kappa shape index (κ2) is 10.5. The first-order chi connectivity index (χ1) is 17.2. The van der Waals surface area contributed by atoms with Gasteiger partial charge in [0.15, 0.2) is 5.78 Å². The van der Waals surface area contributed by atoms with Crippen LogP contribution in [0.25, 0.3) is 10.9 Å². The van der Waals surface area contributed by atoms with Crippen molar-refractivity contribution in [1.29, 1.82) is 0 Å². The van der Waals surface area contributed by atoms with Gasteiger partial charge in [-0.05, 0) is 67.8 Å². The summed E-state index contributed by atoms with van der Waals surface area (Å²) in [6.07, 6.45) is 0.470. The highest BCUT2D eigenvalue weighted by Crippen LogP contribution is 2.23. The van der Waals surface area contributed by atoms with E-state index in [2.05, 4.69) is 4.98 Å². The van der Waals surface area contributed by atoms with Crippen molar-refractivity contribution in [2.45, 2.75) is 31.7 Å². The molecule has 8 heteroatoms. The Balaban J connectivity index is 1.75. The minimum absolute atomic E-state index is 0.0128. The van der Waals surface area contributed by atoms with E-state index >= 15 is 0 Å². The molecule has 0 aliphatic heterocycles. The molecular formula is C28H28N2O5S. The molecule has 4 aromatic rings. The van der Waals surface area contributed by atoms with Crippen LogP contribution < -0.4 is 10.3 Å². The Labute approximate surface area is 210 Å². The summed E-state index contributed by atoms with van der Waals surface area (Å²) < 4.78 is 34.1. The highest BCUT2D eigenvalue weighted by atomic mass is 32.2. The van der Waals surface area contributed by atoms with Gasteiger partial charge in [-0.15, -0.1) is 0 Å². The Kier molecular flexibility index (Phi) is 7.37. The number of carbonyl (C=O) groups excluding carboxylic acids is 1. The van der Waals surface area contributed by atoms with Gasteiger partial charge in [-0.25, -0.2) is 8.42 Å². The SMILES string of the molecule is COc1ccc2[nH]c(=O)c(CN(CCc3ccccc3C)S(=O)(=O)c3cccc(C(C)=O)c3)cc2c1. The van der Waals surface area contributed by atoms with Gasteiger partial charge in [-0.1, -0.05) is 36.4 Å². The number of aromatic nitrogens is 1. The predicted octanol–water partition coefficient (Wildman–Crippen LogP) is 4.48. The first-order valence-corrected chi connectivity index (χ1v) is 13.0. The van der Waals surface area contributed by atoms with Gasteiger partial charge >= 0.3 is 0 Å². The van der Waals surface area contributed by atoms with Crippen LogP contribution >= 0.6 is 0 Å². The molecule has 0 fully saturated rings. The van der Waals surface area contributed by atoms with E-state index in [1.165, 1.54) is 23.4 Å². The lowest BCUT2D eigenvalue weighted by Gasteiger charge is -2.23. The summed E-state index contributed by atoms with van der Waals surface area (Å²) in [6, 6.07) is 20.8. The van der Waals surface area contributed by atoms with Crippen molar-refractivity contribution in [1.82, 2.24) is 9.29 Å². The quantitative estimate of drug-likeness (QED) is 0.339. The number of aromatic amines is 1. The standard InChI is InChI=1S/C28H28N2O5S/c1-19-7-4-5-8-21(19)13-14-30(36(33,34)26-10-6-9-22(17-26)20(2)31)18-24-15-23-16-25(35-3)11-12-27(23)29-28(24)32/h4-12,15-17H,13-14,18H2,1-3H3,(H,29,32). The molecule has 1 N–H and O–H groups in total. The van der Waals surface area contributed by atoms with Crippen LogP contribution in [0.2, 0.25) is 0 Å². The predicted molar refractivity (Wildman–Crippen MR) is 140 cm³/mol. The third-order valence-corrected chi connectivity index (χ3v) is 8.09. The molecule has 0 atom stereocenters. The fourth-order valence-electron chi connectivity index (χ4n) is 4.11. The maximum absolute atomic E-state index is 13.8. The Bertz CT molecular complexity index is 1590. The number of hydrogen-bond acceptors (Lipinski definition) is 5. The molecule has 7 nitrogen and oxygen atoms in total. The van der Waals surface area contributed by atoms with E-state index in [0.29, 0.717) is 28.8 Å². The average Bonchev–Trinajstić information content (AvgIpc) is 2.87. The molecule has 36 heavy (non-hydrogen) atoms. The summed E-state index contributed by atoms with van der Waals surface area (Å²) in [7, 11) is -2.46. The van der Waals surface area contributed by atoms with Crippen LogP contribution in [0.15, 0.2) is 82.5 Å². The lowest BCUT2D eigenvalue weighted by Crippen LogP contribution is -2.34. The molecule has 0 spiro atoms. The maximum Gasteiger partial charge on any atom is 0.252 e. The van der Waals surface area contributed by atoms with Crippen molar-refractivity contribution in [3.8, 4) is 5.75 Å². The lowest BCUT2D eigenvalue weighted by atomic mass is 10.1. The van der Waals surface area contributed by atoms with Gasteiger partial charge in [-0.3, -0.25) is 9.59 Å². The van der Waals surface area contributed by atoms with Crippen molar-refractivity contribution >= 4 is 26.7 Å². The van der Waals surface area contributed by atoms with Crippen LogP contribution in [-0.2, 0) is 23.0 Å². The number of ether oxygens (including phenoxy) is 1. The molecule has 186 valence electrons. The second-order valence-corrected chi connectivity index (χ2v) is 10.6. The maximum atomic E-state index is 13.8. The fourth-order valence-corrected chi connectivity index (χ4v) is 5.57. The molecule has 0 saturated carbocycles. The number of nitrogens with one attached hydrogen (secondary N) is 1. The number of ketones is 1. The number of rotatable bonds is 9. The first kappa shape index (κ1) is 25.3. The van der Waals surface area contributed by atoms with E-state index in [-0.39, 0.29) is 29.3 Å². The van der Waals surface area contributed by atoms with Crippen LogP contribution in [0.1, 0.15) is 34.0 Å². The molecule has 1 aromatic heterocycles. The molecule has 0 aliphatic rings. The molecule has 3 aromatic carbocycles. The van der Waals surface area contributed by atoms with Crippen molar-refractivity contribution in [2.24, 2.45) is 0 Å². The van der Waals surface area contributed by atoms with Crippen molar-refractivity contribution in [3.63, 3.8) is 0 Å². The number of carbonyl (C=O) groups is 1. The molecule has 1 heterocycles. The van der Waals surface area contributed by atoms with Crippen LogP contribution in [0.5, 0.6) is 5.75 Å². The zero-order chi connectivity index (χ0) is 25.9. The summed E-state index contributed by atoms with van der Waals surface area (Å²) in [4.78, 5) is 27.6. The minimum Gasteiger partial charge on any atom is -0.497 e. The second-order valence-electron chi connectivity index (χ2n) is 8.68. The molecule has 0 aliphatic carbocycles. The van der Waals surface area contributed by atoms with Gasteiger partial charge in [-0.2, -0.15) is 4.31 Å². The summed E-state index contributed by atoms with van der Waals surface area (Å²) in [6.45, 7) is 3.41. The summed E-state index contributed by atoms with van der Waals surface area (Å²) in [5.41, 5.74) is 2.98. The van der Waals surface area contributed by atoms with E-state index in [4.69, 9.17) is 4.74 Å². The molecule has 0 amide bonds. The van der Waals surface area contributed by atoms with Crippen molar-refractivity contribution in [3.05, 3.63) is 105 Å².